The molecule has 0 amide bonds. The Bertz CT molecular complexity index is 463. The van der Waals surface area contributed by atoms with Gasteiger partial charge in [-0.05, 0) is 57.8 Å². The molecule has 0 radical (unpaired) electrons. The third-order valence-corrected chi connectivity index (χ3v) is 4.58. The van der Waals surface area contributed by atoms with Gasteiger partial charge >= 0.3 is 0 Å². The van der Waals surface area contributed by atoms with Gasteiger partial charge < -0.3 is 15.1 Å². The van der Waals surface area contributed by atoms with Gasteiger partial charge in [-0.15, -0.1) is 0 Å². The smallest absolute Gasteiger partial charge is 0.191 e. The number of hydrogen-bond acceptors (Lipinski definition) is 3. The maximum atomic E-state index is 5.67. The summed E-state index contributed by atoms with van der Waals surface area (Å²) in [5.41, 5.74) is 0. The highest BCUT2D eigenvalue weighted by molar-refractivity contribution is 5.80. The second kappa shape index (κ2) is 8.96. The standard InChI is InChI=1S/C18H32N4O/c1-5-19-18(21-15(4)14(2)3)20-13-16(17-9-8-12-23-17)22-10-6-7-11-22/h8-9,12,14-16H,5-7,10-11,13H2,1-4H3,(H2,19,20,21). The average molecular weight is 320 g/mol. The van der Waals surface area contributed by atoms with Gasteiger partial charge in [0.25, 0.3) is 0 Å². The van der Waals surface area contributed by atoms with Crippen molar-refractivity contribution < 1.29 is 4.42 Å². The van der Waals surface area contributed by atoms with Crippen molar-refractivity contribution in [2.24, 2.45) is 10.9 Å². The molecule has 0 spiro atoms. The molecule has 1 aromatic heterocycles. The highest BCUT2D eigenvalue weighted by Crippen LogP contribution is 2.25. The van der Waals surface area contributed by atoms with Gasteiger partial charge in [-0.25, -0.2) is 0 Å². The molecule has 130 valence electrons. The Morgan fingerprint density at radius 1 is 1.30 bits per heavy atom. The van der Waals surface area contributed by atoms with E-state index in [0.717, 1.165) is 31.4 Å². The lowest BCUT2D eigenvalue weighted by Gasteiger charge is -2.25. The van der Waals surface area contributed by atoms with Crippen LogP contribution in [0, 0.1) is 5.92 Å². The van der Waals surface area contributed by atoms with E-state index >= 15 is 0 Å². The Balaban J connectivity index is 2.06. The van der Waals surface area contributed by atoms with Crippen molar-refractivity contribution in [3.63, 3.8) is 0 Å². The lowest BCUT2D eigenvalue weighted by atomic mass is 10.1. The van der Waals surface area contributed by atoms with E-state index in [4.69, 9.17) is 9.41 Å². The predicted octanol–water partition coefficient (Wildman–Crippen LogP) is 3.02. The minimum Gasteiger partial charge on any atom is -0.468 e. The molecule has 1 aliphatic heterocycles. The molecule has 1 aliphatic rings. The summed E-state index contributed by atoms with van der Waals surface area (Å²) < 4.78 is 5.67. The van der Waals surface area contributed by atoms with E-state index < -0.39 is 0 Å². The van der Waals surface area contributed by atoms with E-state index in [9.17, 15) is 0 Å². The van der Waals surface area contributed by atoms with Crippen molar-refractivity contribution in [2.75, 3.05) is 26.2 Å². The summed E-state index contributed by atoms with van der Waals surface area (Å²) in [5.74, 6) is 2.48. The molecule has 0 saturated carbocycles. The third-order valence-electron chi connectivity index (χ3n) is 4.58. The van der Waals surface area contributed by atoms with Gasteiger partial charge in [-0.2, -0.15) is 0 Å². The first-order valence-electron chi connectivity index (χ1n) is 8.94. The number of aliphatic imine (C=N–C) groups is 1. The molecule has 0 aliphatic carbocycles. The van der Waals surface area contributed by atoms with Crippen LogP contribution in [0.2, 0.25) is 0 Å². The Morgan fingerprint density at radius 3 is 2.61 bits per heavy atom. The molecular formula is C18H32N4O. The molecule has 1 aromatic rings. The van der Waals surface area contributed by atoms with Crippen LogP contribution in [0.5, 0.6) is 0 Å². The Labute approximate surface area is 140 Å². The van der Waals surface area contributed by atoms with Gasteiger partial charge in [0.15, 0.2) is 5.96 Å². The van der Waals surface area contributed by atoms with E-state index in [1.54, 1.807) is 6.26 Å². The van der Waals surface area contributed by atoms with Gasteiger partial charge in [0.05, 0.1) is 18.8 Å². The number of hydrogen-bond donors (Lipinski definition) is 2. The van der Waals surface area contributed by atoms with Gasteiger partial charge in [0.2, 0.25) is 0 Å². The van der Waals surface area contributed by atoms with Crippen molar-refractivity contribution >= 4 is 5.96 Å². The summed E-state index contributed by atoms with van der Waals surface area (Å²) in [4.78, 5) is 7.31. The van der Waals surface area contributed by atoms with Crippen LogP contribution in [0.15, 0.2) is 27.8 Å². The fourth-order valence-corrected chi connectivity index (χ4v) is 2.80. The first-order valence-corrected chi connectivity index (χ1v) is 8.94. The molecule has 2 unspecified atom stereocenters. The topological polar surface area (TPSA) is 52.8 Å². The van der Waals surface area contributed by atoms with Crippen LogP contribution in [-0.4, -0.2) is 43.1 Å². The van der Waals surface area contributed by atoms with Crippen LogP contribution in [0.3, 0.4) is 0 Å². The SMILES string of the molecule is CCNC(=NCC(c1ccco1)N1CCCC1)NC(C)C(C)C. The fraction of sp³-hybridized carbons (Fsp3) is 0.722. The molecule has 1 fully saturated rings. The number of nitrogens with one attached hydrogen (secondary N) is 2. The zero-order valence-corrected chi connectivity index (χ0v) is 15.0. The van der Waals surface area contributed by atoms with Crippen LogP contribution in [0.4, 0.5) is 0 Å². The number of furan rings is 1. The van der Waals surface area contributed by atoms with E-state index in [0.29, 0.717) is 18.5 Å². The van der Waals surface area contributed by atoms with E-state index in [2.05, 4.69) is 49.3 Å². The summed E-state index contributed by atoms with van der Waals surface area (Å²) in [6.07, 6.45) is 4.29. The Hall–Kier alpha value is -1.49. The monoisotopic (exact) mass is 320 g/mol. The molecule has 2 rings (SSSR count). The summed E-state index contributed by atoms with van der Waals surface area (Å²) in [6, 6.07) is 4.65. The molecule has 23 heavy (non-hydrogen) atoms. The molecular weight excluding hydrogens is 288 g/mol. The second-order valence-corrected chi connectivity index (χ2v) is 6.67. The molecule has 5 heteroatoms. The summed E-state index contributed by atoms with van der Waals surface area (Å²) >= 11 is 0. The van der Waals surface area contributed by atoms with Crippen molar-refractivity contribution in [2.45, 2.75) is 52.6 Å². The molecule has 2 atom stereocenters. The number of rotatable bonds is 7. The molecule has 5 nitrogen and oxygen atoms in total. The average Bonchev–Trinajstić information content (AvgIpc) is 3.21. The van der Waals surface area contributed by atoms with Crippen LogP contribution < -0.4 is 10.6 Å². The van der Waals surface area contributed by atoms with Gasteiger partial charge in [-0.3, -0.25) is 9.89 Å². The number of nitrogens with zero attached hydrogens (tertiary/aromatic N) is 2. The van der Waals surface area contributed by atoms with Crippen molar-refractivity contribution in [3.8, 4) is 0 Å². The van der Waals surface area contributed by atoms with Crippen molar-refractivity contribution in [1.29, 1.82) is 0 Å². The highest BCUT2D eigenvalue weighted by atomic mass is 16.3. The maximum absolute atomic E-state index is 5.67. The first-order chi connectivity index (χ1) is 11.1. The second-order valence-electron chi connectivity index (χ2n) is 6.67. The quantitative estimate of drug-likeness (QED) is 0.599. The van der Waals surface area contributed by atoms with Crippen molar-refractivity contribution in [1.82, 2.24) is 15.5 Å². The number of guanidine groups is 1. The molecule has 2 N–H and O–H groups in total. The first kappa shape index (κ1) is 17.9. The third kappa shape index (κ3) is 5.27. The van der Waals surface area contributed by atoms with Gasteiger partial charge in [-0.1, -0.05) is 13.8 Å². The summed E-state index contributed by atoms with van der Waals surface area (Å²) in [6.45, 7) is 12.6. The van der Waals surface area contributed by atoms with Crippen molar-refractivity contribution in [3.05, 3.63) is 24.2 Å². The Morgan fingerprint density at radius 2 is 2.04 bits per heavy atom. The Kier molecular flexibility index (Phi) is 6.96. The predicted molar refractivity (Wildman–Crippen MR) is 95.7 cm³/mol. The zero-order chi connectivity index (χ0) is 16.7. The summed E-state index contributed by atoms with van der Waals surface area (Å²) in [5, 5.41) is 6.85. The van der Waals surface area contributed by atoms with Crippen LogP contribution in [0.1, 0.15) is 52.3 Å². The molecule has 1 saturated heterocycles. The largest absolute Gasteiger partial charge is 0.468 e. The zero-order valence-electron chi connectivity index (χ0n) is 15.0. The van der Waals surface area contributed by atoms with E-state index in [-0.39, 0.29) is 6.04 Å². The van der Waals surface area contributed by atoms with E-state index in [1.165, 1.54) is 12.8 Å². The lowest BCUT2D eigenvalue weighted by Crippen LogP contribution is -2.44. The lowest BCUT2D eigenvalue weighted by molar-refractivity contribution is 0.221. The fourth-order valence-electron chi connectivity index (χ4n) is 2.80. The highest BCUT2D eigenvalue weighted by Gasteiger charge is 2.25. The van der Waals surface area contributed by atoms with Gasteiger partial charge in [0.1, 0.15) is 5.76 Å². The normalized spacial score (nSPS) is 19.1. The van der Waals surface area contributed by atoms with Crippen LogP contribution >= 0.6 is 0 Å². The van der Waals surface area contributed by atoms with E-state index in [1.807, 2.05) is 6.07 Å². The minimum atomic E-state index is 0.234. The minimum absolute atomic E-state index is 0.234. The molecule has 2 heterocycles. The van der Waals surface area contributed by atoms with Crippen LogP contribution in [0.25, 0.3) is 0 Å². The van der Waals surface area contributed by atoms with Gasteiger partial charge in [0, 0.05) is 12.6 Å². The maximum Gasteiger partial charge on any atom is 0.191 e. The molecule has 0 aromatic carbocycles. The summed E-state index contributed by atoms with van der Waals surface area (Å²) in [7, 11) is 0. The molecule has 0 bridgehead atoms. The number of likely N-dealkylation sites (tertiary alicyclic amines) is 1. The van der Waals surface area contributed by atoms with Crippen LogP contribution in [-0.2, 0) is 0 Å².